The van der Waals surface area contributed by atoms with Gasteiger partial charge in [-0.2, -0.15) is 0 Å². The fourth-order valence-corrected chi connectivity index (χ4v) is 2.47. The molecule has 3 aromatic rings. The molecular weight excluding hydrogens is 318 g/mol. The molecule has 0 aliphatic rings. The van der Waals surface area contributed by atoms with Crippen LogP contribution >= 0.6 is 0 Å². The van der Waals surface area contributed by atoms with Crippen molar-refractivity contribution in [1.82, 2.24) is 14.9 Å². The van der Waals surface area contributed by atoms with Gasteiger partial charge in [-0.15, -0.1) is 0 Å². The average molecular weight is 335 g/mol. The third kappa shape index (κ3) is 3.63. The van der Waals surface area contributed by atoms with E-state index in [4.69, 9.17) is 0 Å². The summed E-state index contributed by atoms with van der Waals surface area (Å²) in [5.74, 6) is -0.599. The topological polar surface area (TPSA) is 72.4 Å². The number of hydrogen-bond donors (Lipinski definition) is 0. The first-order valence-corrected chi connectivity index (χ1v) is 7.73. The lowest BCUT2D eigenvalue weighted by molar-refractivity contribution is 0.0600. The van der Waals surface area contributed by atoms with Gasteiger partial charge < -0.3 is 9.64 Å². The van der Waals surface area contributed by atoms with Crippen molar-refractivity contribution in [3.8, 4) is 0 Å². The molecule has 0 aliphatic carbocycles. The second-order valence-corrected chi connectivity index (χ2v) is 5.59. The number of esters is 1. The molecule has 6 heteroatoms. The molecule has 2 aromatic carbocycles. The molecule has 1 heterocycles. The van der Waals surface area contributed by atoms with E-state index in [1.165, 1.54) is 13.3 Å². The number of carbonyl (C=O) groups excluding carboxylic acids is 2. The predicted octanol–water partition coefficient (Wildman–Crippen LogP) is 2.69. The molecule has 0 bridgehead atoms. The average Bonchev–Trinajstić information content (AvgIpc) is 2.67. The number of carbonyl (C=O) groups is 2. The van der Waals surface area contributed by atoms with E-state index in [1.54, 1.807) is 36.2 Å². The molecule has 0 fully saturated rings. The van der Waals surface area contributed by atoms with Crippen LogP contribution in [0.1, 0.15) is 26.4 Å². The van der Waals surface area contributed by atoms with Gasteiger partial charge in [-0.3, -0.25) is 9.78 Å². The molecule has 0 radical (unpaired) electrons. The summed E-state index contributed by atoms with van der Waals surface area (Å²) >= 11 is 0. The van der Waals surface area contributed by atoms with Crippen LogP contribution in [-0.4, -0.2) is 40.9 Å². The Morgan fingerprint density at radius 2 is 1.72 bits per heavy atom. The fraction of sp³-hybridized carbons (Fsp3) is 0.158. The van der Waals surface area contributed by atoms with Gasteiger partial charge >= 0.3 is 5.97 Å². The van der Waals surface area contributed by atoms with E-state index in [9.17, 15) is 9.59 Å². The fourth-order valence-electron chi connectivity index (χ4n) is 2.47. The first-order chi connectivity index (χ1) is 12.1. The number of amides is 1. The number of rotatable bonds is 4. The molecule has 0 saturated heterocycles. The number of hydrogen-bond acceptors (Lipinski definition) is 5. The molecular formula is C19H17N3O3. The van der Waals surface area contributed by atoms with Crippen molar-refractivity contribution in [2.75, 3.05) is 14.2 Å². The van der Waals surface area contributed by atoms with Gasteiger partial charge in [0.1, 0.15) is 5.69 Å². The number of aromatic nitrogens is 2. The largest absolute Gasteiger partial charge is 0.465 e. The summed E-state index contributed by atoms with van der Waals surface area (Å²) in [6.07, 6.45) is 1.49. The Hall–Kier alpha value is -3.28. The lowest BCUT2D eigenvalue weighted by Crippen LogP contribution is -2.27. The van der Waals surface area contributed by atoms with Gasteiger partial charge in [-0.25, -0.2) is 9.78 Å². The SMILES string of the molecule is COC(=O)c1ccc(CN(C)C(=O)c2cnc3ccccc3n2)cc1. The van der Waals surface area contributed by atoms with E-state index in [1.807, 2.05) is 24.3 Å². The highest BCUT2D eigenvalue weighted by molar-refractivity contribution is 5.93. The Balaban J connectivity index is 1.74. The summed E-state index contributed by atoms with van der Waals surface area (Å²) in [5, 5.41) is 0. The lowest BCUT2D eigenvalue weighted by atomic mass is 10.1. The standard InChI is InChI=1S/C19H17N3O3/c1-22(12-13-7-9-14(10-8-13)19(24)25-2)18(23)17-11-20-15-5-3-4-6-16(15)21-17/h3-11H,12H2,1-2H3. The van der Waals surface area contributed by atoms with E-state index in [0.29, 0.717) is 23.3 Å². The van der Waals surface area contributed by atoms with E-state index >= 15 is 0 Å². The first kappa shape index (κ1) is 16.6. The van der Waals surface area contributed by atoms with Gasteiger partial charge in [-0.05, 0) is 29.8 Å². The zero-order valence-corrected chi connectivity index (χ0v) is 14.0. The van der Waals surface area contributed by atoms with Gasteiger partial charge in [-0.1, -0.05) is 24.3 Å². The van der Waals surface area contributed by atoms with Crippen LogP contribution in [0.25, 0.3) is 11.0 Å². The summed E-state index contributed by atoms with van der Waals surface area (Å²) in [7, 11) is 3.04. The van der Waals surface area contributed by atoms with Gasteiger partial charge in [0.15, 0.2) is 0 Å². The van der Waals surface area contributed by atoms with Crippen LogP contribution in [0.4, 0.5) is 0 Å². The van der Waals surface area contributed by atoms with E-state index in [0.717, 1.165) is 11.1 Å². The van der Waals surface area contributed by atoms with Crippen LogP contribution in [0.2, 0.25) is 0 Å². The highest BCUT2D eigenvalue weighted by atomic mass is 16.5. The number of nitrogens with zero attached hydrogens (tertiary/aromatic N) is 3. The molecule has 0 atom stereocenters. The third-order valence-corrected chi connectivity index (χ3v) is 3.81. The zero-order valence-electron chi connectivity index (χ0n) is 14.0. The number of ether oxygens (including phenoxy) is 1. The summed E-state index contributed by atoms with van der Waals surface area (Å²) in [6.45, 7) is 0.398. The normalized spacial score (nSPS) is 10.5. The number of benzene rings is 2. The van der Waals surface area contributed by atoms with Gasteiger partial charge in [0, 0.05) is 13.6 Å². The van der Waals surface area contributed by atoms with Crippen molar-refractivity contribution in [2.24, 2.45) is 0 Å². The molecule has 0 N–H and O–H groups in total. The van der Waals surface area contributed by atoms with Crippen LogP contribution in [-0.2, 0) is 11.3 Å². The minimum absolute atomic E-state index is 0.213. The molecule has 3 rings (SSSR count). The summed E-state index contributed by atoms with van der Waals surface area (Å²) < 4.78 is 4.67. The second kappa shape index (κ2) is 7.09. The Morgan fingerprint density at radius 1 is 1.04 bits per heavy atom. The maximum Gasteiger partial charge on any atom is 0.337 e. The van der Waals surface area contributed by atoms with Crippen LogP contribution < -0.4 is 0 Å². The van der Waals surface area contributed by atoms with E-state index in [-0.39, 0.29) is 11.9 Å². The van der Waals surface area contributed by atoms with Crippen molar-refractivity contribution < 1.29 is 14.3 Å². The van der Waals surface area contributed by atoms with E-state index < -0.39 is 0 Å². The third-order valence-electron chi connectivity index (χ3n) is 3.81. The van der Waals surface area contributed by atoms with Crippen LogP contribution in [0.15, 0.2) is 54.7 Å². The molecule has 1 aromatic heterocycles. The Morgan fingerprint density at radius 3 is 2.40 bits per heavy atom. The van der Waals surface area contributed by atoms with Gasteiger partial charge in [0.05, 0.1) is 29.9 Å². The Bertz CT molecular complexity index is 923. The molecule has 0 aliphatic heterocycles. The quantitative estimate of drug-likeness (QED) is 0.686. The highest BCUT2D eigenvalue weighted by Gasteiger charge is 2.15. The summed E-state index contributed by atoms with van der Waals surface area (Å²) in [5.41, 5.74) is 3.11. The van der Waals surface area contributed by atoms with Crippen molar-refractivity contribution in [1.29, 1.82) is 0 Å². The predicted molar refractivity (Wildman–Crippen MR) is 93.1 cm³/mol. The number of fused-ring (bicyclic) bond motifs is 1. The van der Waals surface area contributed by atoms with E-state index in [2.05, 4.69) is 14.7 Å². The number of methoxy groups -OCH3 is 1. The van der Waals surface area contributed by atoms with Crippen molar-refractivity contribution in [3.63, 3.8) is 0 Å². The zero-order chi connectivity index (χ0) is 17.8. The monoisotopic (exact) mass is 335 g/mol. The number of para-hydroxylation sites is 2. The lowest BCUT2D eigenvalue weighted by Gasteiger charge is -2.17. The van der Waals surface area contributed by atoms with Crippen molar-refractivity contribution in [2.45, 2.75) is 6.54 Å². The molecule has 25 heavy (non-hydrogen) atoms. The molecule has 0 spiro atoms. The van der Waals surface area contributed by atoms with Crippen LogP contribution in [0.5, 0.6) is 0 Å². The highest BCUT2D eigenvalue weighted by Crippen LogP contribution is 2.12. The molecule has 0 saturated carbocycles. The smallest absolute Gasteiger partial charge is 0.337 e. The first-order valence-electron chi connectivity index (χ1n) is 7.73. The van der Waals surface area contributed by atoms with Crippen LogP contribution in [0.3, 0.4) is 0 Å². The van der Waals surface area contributed by atoms with Gasteiger partial charge in [0.25, 0.3) is 5.91 Å². The maximum atomic E-state index is 12.6. The molecule has 126 valence electrons. The minimum atomic E-state index is -0.387. The maximum absolute atomic E-state index is 12.6. The summed E-state index contributed by atoms with van der Waals surface area (Å²) in [6, 6.07) is 14.4. The molecule has 6 nitrogen and oxygen atoms in total. The minimum Gasteiger partial charge on any atom is -0.465 e. The second-order valence-electron chi connectivity index (χ2n) is 5.59. The molecule has 0 unspecified atom stereocenters. The molecule has 1 amide bonds. The van der Waals surface area contributed by atoms with Crippen molar-refractivity contribution >= 4 is 22.9 Å². The van der Waals surface area contributed by atoms with Gasteiger partial charge in [0.2, 0.25) is 0 Å². The Labute approximate surface area is 145 Å². The summed E-state index contributed by atoms with van der Waals surface area (Å²) in [4.78, 5) is 34.2. The van der Waals surface area contributed by atoms with Crippen molar-refractivity contribution in [3.05, 3.63) is 71.5 Å². The van der Waals surface area contributed by atoms with Crippen LogP contribution in [0, 0.1) is 0 Å². The Kier molecular flexibility index (Phi) is 4.70.